The Hall–Kier alpha value is -2.01. The molecule has 112 valence electrons. The number of nitrogens with zero attached hydrogens (tertiary/aromatic N) is 1. The van der Waals surface area contributed by atoms with Crippen LogP contribution in [0.3, 0.4) is 0 Å². The molecule has 1 unspecified atom stereocenters. The fraction of sp³-hybridized carbons (Fsp3) is 0.312. The third kappa shape index (κ3) is 3.19. The van der Waals surface area contributed by atoms with Gasteiger partial charge in [-0.05, 0) is 36.6 Å². The molecular formula is C16H19NO3S. The molecule has 0 radical (unpaired) electrons. The van der Waals surface area contributed by atoms with E-state index in [1.807, 2.05) is 24.4 Å². The van der Waals surface area contributed by atoms with Crippen LogP contribution >= 0.6 is 11.3 Å². The van der Waals surface area contributed by atoms with Gasteiger partial charge < -0.3 is 14.4 Å². The summed E-state index contributed by atoms with van der Waals surface area (Å²) in [7, 11) is 4.93. The second kappa shape index (κ2) is 6.63. The van der Waals surface area contributed by atoms with E-state index in [4.69, 9.17) is 9.47 Å². The van der Waals surface area contributed by atoms with Crippen LogP contribution in [-0.2, 0) is 0 Å². The minimum Gasteiger partial charge on any atom is -0.497 e. The fourth-order valence-corrected chi connectivity index (χ4v) is 2.89. The van der Waals surface area contributed by atoms with Gasteiger partial charge in [-0.1, -0.05) is 6.07 Å². The molecule has 0 bridgehead atoms. The molecule has 2 aromatic rings. The Morgan fingerprint density at radius 3 is 2.57 bits per heavy atom. The summed E-state index contributed by atoms with van der Waals surface area (Å²) < 4.78 is 10.5. The SMILES string of the molecule is COc1ccc(OC)c(C(=O)N(C)C(C)c2cccs2)c1. The zero-order valence-corrected chi connectivity index (χ0v) is 13.4. The van der Waals surface area contributed by atoms with E-state index in [9.17, 15) is 4.79 Å². The Morgan fingerprint density at radius 2 is 2.00 bits per heavy atom. The van der Waals surface area contributed by atoms with Crippen LogP contribution in [0.1, 0.15) is 28.2 Å². The molecule has 1 heterocycles. The highest BCUT2D eigenvalue weighted by molar-refractivity contribution is 7.10. The van der Waals surface area contributed by atoms with Crippen LogP contribution in [0.15, 0.2) is 35.7 Å². The quantitative estimate of drug-likeness (QED) is 0.847. The van der Waals surface area contributed by atoms with E-state index in [-0.39, 0.29) is 11.9 Å². The van der Waals surface area contributed by atoms with Gasteiger partial charge in [-0.15, -0.1) is 11.3 Å². The zero-order chi connectivity index (χ0) is 15.4. The van der Waals surface area contributed by atoms with E-state index in [1.54, 1.807) is 55.7 Å². The van der Waals surface area contributed by atoms with Crippen molar-refractivity contribution in [2.24, 2.45) is 0 Å². The molecule has 0 aliphatic carbocycles. The van der Waals surface area contributed by atoms with Crippen molar-refractivity contribution in [3.05, 3.63) is 46.2 Å². The lowest BCUT2D eigenvalue weighted by Crippen LogP contribution is -2.29. The number of thiophene rings is 1. The van der Waals surface area contributed by atoms with Gasteiger partial charge in [0, 0.05) is 11.9 Å². The number of carbonyl (C=O) groups is 1. The van der Waals surface area contributed by atoms with Crippen molar-refractivity contribution < 1.29 is 14.3 Å². The second-order valence-electron chi connectivity index (χ2n) is 4.67. The first-order valence-corrected chi connectivity index (χ1v) is 7.49. The topological polar surface area (TPSA) is 38.8 Å². The van der Waals surface area contributed by atoms with Gasteiger partial charge >= 0.3 is 0 Å². The van der Waals surface area contributed by atoms with Crippen molar-refractivity contribution in [1.82, 2.24) is 4.90 Å². The third-order valence-corrected chi connectivity index (χ3v) is 4.54. The monoisotopic (exact) mass is 305 g/mol. The molecular weight excluding hydrogens is 286 g/mol. The Balaban J connectivity index is 2.30. The first kappa shape index (κ1) is 15.4. The largest absolute Gasteiger partial charge is 0.497 e. The minimum absolute atomic E-state index is 0.00778. The maximum Gasteiger partial charge on any atom is 0.258 e. The van der Waals surface area contributed by atoms with E-state index < -0.39 is 0 Å². The van der Waals surface area contributed by atoms with Crippen LogP contribution < -0.4 is 9.47 Å². The fourth-order valence-electron chi connectivity index (χ4n) is 2.07. The van der Waals surface area contributed by atoms with Gasteiger partial charge in [-0.2, -0.15) is 0 Å². The summed E-state index contributed by atoms with van der Waals surface area (Å²) in [4.78, 5) is 15.6. The van der Waals surface area contributed by atoms with Gasteiger partial charge in [0.1, 0.15) is 11.5 Å². The van der Waals surface area contributed by atoms with Gasteiger partial charge in [0.15, 0.2) is 0 Å². The van der Waals surface area contributed by atoms with E-state index in [0.717, 1.165) is 4.88 Å². The van der Waals surface area contributed by atoms with Gasteiger partial charge in [0.05, 0.1) is 25.8 Å². The highest BCUT2D eigenvalue weighted by atomic mass is 32.1. The molecule has 0 fully saturated rings. The lowest BCUT2D eigenvalue weighted by Gasteiger charge is -2.25. The third-order valence-electron chi connectivity index (χ3n) is 3.49. The van der Waals surface area contributed by atoms with Crippen molar-refractivity contribution in [1.29, 1.82) is 0 Å². The summed E-state index contributed by atoms with van der Waals surface area (Å²) >= 11 is 1.64. The van der Waals surface area contributed by atoms with E-state index in [1.165, 1.54) is 0 Å². The Bertz CT molecular complexity index is 610. The normalized spacial score (nSPS) is 11.8. The summed E-state index contributed by atoms with van der Waals surface area (Å²) in [6.07, 6.45) is 0. The van der Waals surface area contributed by atoms with E-state index in [2.05, 4.69) is 0 Å². The summed E-state index contributed by atoms with van der Waals surface area (Å²) in [5.41, 5.74) is 0.503. The van der Waals surface area contributed by atoms with Crippen molar-refractivity contribution in [3.8, 4) is 11.5 Å². The summed E-state index contributed by atoms with van der Waals surface area (Å²) in [5, 5.41) is 2.01. The van der Waals surface area contributed by atoms with Crippen LogP contribution in [0.2, 0.25) is 0 Å². The number of carbonyl (C=O) groups excluding carboxylic acids is 1. The first-order chi connectivity index (χ1) is 10.1. The van der Waals surface area contributed by atoms with Gasteiger partial charge in [-0.25, -0.2) is 0 Å². The minimum atomic E-state index is -0.0911. The van der Waals surface area contributed by atoms with Crippen LogP contribution in [0.4, 0.5) is 0 Å². The predicted molar refractivity (Wildman–Crippen MR) is 84.4 cm³/mol. The first-order valence-electron chi connectivity index (χ1n) is 6.61. The number of benzene rings is 1. The Labute approximate surface area is 128 Å². The highest BCUT2D eigenvalue weighted by Gasteiger charge is 2.22. The zero-order valence-electron chi connectivity index (χ0n) is 12.6. The lowest BCUT2D eigenvalue weighted by atomic mass is 10.1. The summed E-state index contributed by atoms with van der Waals surface area (Å²) in [6.45, 7) is 2.01. The van der Waals surface area contributed by atoms with Crippen LogP contribution in [0.25, 0.3) is 0 Å². The standard InChI is InChI=1S/C16H19NO3S/c1-11(15-6-5-9-21-15)17(2)16(18)13-10-12(19-3)7-8-14(13)20-4/h5-11H,1-4H3. The van der Waals surface area contributed by atoms with E-state index in [0.29, 0.717) is 17.1 Å². The molecule has 1 atom stereocenters. The average Bonchev–Trinajstić information content (AvgIpc) is 3.06. The highest BCUT2D eigenvalue weighted by Crippen LogP contribution is 2.29. The molecule has 0 aliphatic rings. The van der Waals surface area contributed by atoms with Gasteiger partial charge in [0.2, 0.25) is 0 Å². The second-order valence-corrected chi connectivity index (χ2v) is 5.65. The molecule has 0 N–H and O–H groups in total. The number of hydrogen-bond donors (Lipinski definition) is 0. The molecule has 1 aromatic carbocycles. The van der Waals surface area contributed by atoms with Gasteiger partial charge in [0.25, 0.3) is 5.91 Å². The molecule has 21 heavy (non-hydrogen) atoms. The molecule has 0 spiro atoms. The molecule has 1 amide bonds. The Kier molecular flexibility index (Phi) is 4.85. The van der Waals surface area contributed by atoms with Gasteiger partial charge in [-0.3, -0.25) is 4.79 Å². The smallest absolute Gasteiger partial charge is 0.258 e. The van der Waals surface area contributed by atoms with Crippen LogP contribution in [0, 0.1) is 0 Å². The van der Waals surface area contributed by atoms with Crippen LogP contribution in [0.5, 0.6) is 11.5 Å². The average molecular weight is 305 g/mol. The predicted octanol–water partition coefficient (Wildman–Crippen LogP) is 3.60. The molecule has 0 saturated carbocycles. The lowest BCUT2D eigenvalue weighted by molar-refractivity contribution is 0.0741. The number of amides is 1. The molecule has 5 heteroatoms. The summed E-state index contributed by atoms with van der Waals surface area (Å²) in [5.74, 6) is 1.09. The number of methoxy groups -OCH3 is 2. The number of ether oxygens (including phenoxy) is 2. The maximum absolute atomic E-state index is 12.7. The number of rotatable bonds is 5. The van der Waals surface area contributed by atoms with Crippen molar-refractivity contribution in [2.75, 3.05) is 21.3 Å². The van der Waals surface area contributed by atoms with Crippen molar-refractivity contribution in [2.45, 2.75) is 13.0 Å². The van der Waals surface area contributed by atoms with Crippen LogP contribution in [-0.4, -0.2) is 32.1 Å². The van der Waals surface area contributed by atoms with E-state index >= 15 is 0 Å². The van der Waals surface area contributed by atoms with Crippen molar-refractivity contribution >= 4 is 17.2 Å². The molecule has 4 nitrogen and oxygen atoms in total. The molecule has 0 saturated heterocycles. The summed E-state index contributed by atoms with van der Waals surface area (Å²) in [6, 6.07) is 9.25. The molecule has 2 rings (SSSR count). The molecule has 0 aliphatic heterocycles. The van der Waals surface area contributed by atoms with Crippen molar-refractivity contribution in [3.63, 3.8) is 0 Å². The maximum atomic E-state index is 12.7. The number of hydrogen-bond acceptors (Lipinski definition) is 4. The molecule has 1 aromatic heterocycles. The Morgan fingerprint density at radius 1 is 1.24 bits per heavy atom.